The first kappa shape index (κ1) is 32.1. The van der Waals surface area contributed by atoms with E-state index in [0.29, 0.717) is 37.9 Å². The van der Waals surface area contributed by atoms with Crippen LogP contribution in [-0.4, -0.2) is 69.0 Å². The smallest absolute Gasteiger partial charge is 0.302 e. The van der Waals surface area contributed by atoms with Gasteiger partial charge in [0.1, 0.15) is 6.04 Å². The van der Waals surface area contributed by atoms with Crippen LogP contribution in [0.1, 0.15) is 57.6 Å². The van der Waals surface area contributed by atoms with Gasteiger partial charge in [0.2, 0.25) is 15.9 Å². The number of ether oxygens (including phenoxy) is 1. The molecule has 40 heavy (non-hydrogen) atoms. The molecule has 10 heteroatoms. The van der Waals surface area contributed by atoms with Crippen molar-refractivity contribution in [2.75, 3.05) is 37.7 Å². The summed E-state index contributed by atoms with van der Waals surface area (Å²) in [4.78, 5) is 26.5. The number of amides is 1. The van der Waals surface area contributed by atoms with Crippen LogP contribution in [0.2, 0.25) is 0 Å². The van der Waals surface area contributed by atoms with Crippen molar-refractivity contribution in [3.05, 3.63) is 65.7 Å². The van der Waals surface area contributed by atoms with E-state index in [0.717, 1.165) is 42.6 Å². The number of nitrogens with zero attached hydrogens (tertiary/aromatic N) is 1. The van der Waals surface area contributed by atoms with Gasteiger partial charge in [0.05, 0.1) is 11.5 Å². The van der Waals surface area contributed by atoms with Crippen LogP contribution in [0.3, 0.4) is 0 Å². The number of nitrogens with one attached hydrogen (secondary N) is 1. The highest BCUT2D eigenvalue weighted by molar-refractivity contribution is 7.99. The lowest BCUT2D eigenvalue weighted by Crippen LogP contribution is -2.52. The molecule has 1 amide bonds. The molecule has 0 aromatic heterocycles. The molecule has 1 saturated heterocycles. The van der Waals surface area contributed by atoms with E-state index in [1.807, 2.05) is 36.4 Å². The summed E-state index contributed by atoms with van der Waals surface area (Å²) in [5.74, 6) is 0.959. The van der Waals surface area contributed by atoms with Crippen LogP contribution in [0, 0.1) is 5.92 Å². The highest BCUT2D eigenvalue weighted by Gasteiger charge is 2.32. The second-order valence-corrected chi connectivity index (χ2v) is 13.7. The Kier molecular flexibility index (Phi) is 12.0. The first-order chi connectivity index (χ1) is 19.0. The van der Waals surface area contributed by atoms with Gasteiger partial charge in [-0.2, -0.15) is 16.5 Å². The van der Waals surface area contributed by atoms with Gasteiger partial charge in [-0.3, -0.25) is 9.59 Å². The van der Waals surface area contributed by atoms with Gasteiger partial charge in [0.15, 0.2) is 0 Å². The van der Waals surface area contributed by atoms with Crippen molar-refractivity contribution >= 4 is 33.7 Å². The van der Waals surface area contributed by atoms with Gasteiger partial charge in [-0.25, -0.2) is 8.42 Å². The second-order valence-electron chi connectivity index (χ2n) is 10.8. The van der Waals surface area contributed by atoms with Crippen LogP contribution in [0.4, 0.5) is 0 Å². The number of benzene rings is 2. The van der Waals surface area contributed by atoms with E-state index < -0.39 is 21.5 Å². The van der Waals surface area contributed by atoms with Crippen molar-refractivity contribution in [2.24, 2.45) is 11.7 Å². The van der Waals surface area contributed by atoms with Gasteiger partial charge >= 0.3 is 5.97 Å². The standard InChI is InChI=1S/C30H43N3O5S2/c1-23(34)38-19-15-24-13-17-33(18-14-24)29(35)28(22-39-20-8-16-31)32-40(36,37)27-12-7-11-26(21-27)30(2,3)25-9-5-4-6-10-25/h4-7,9-12,21,24,28,32H,8,13-20,22,31H2,1-3H3. The summed E-state index contributed by atoms with van der Waals surface area (Å²) in [5.41, 5.74) is 7.18. The van der Waals surface area contributed by atoms with Crippen molar-refractivity contribution < 1.29 is 22.7 Å². The molecule has 1 fully saturated rings. The summed E-state index contributed by atoms with van der Waals surface area (Å²) in [6, 6.07) is 16.1. The lowest BCUT2D eigenvalue weighted by Gasteiger charge is -2.34. The lowest BCUT2D eigenvalue weighted by molar-refractivity contribution is -0.141. The van der Waals surface area contributed by atoms with E-state index in [9.17, 15) is 18.0 Å². The molecule has 0 spiro atoms. The lowest BCUT2D eigenvalue weighted by atomic mass is 9.78. The molecule has 8 nitrogen and oxygen atoms in total. The molecular weight excluding hydrogens is 546 g/mol. The van der Waals surface area contributed by atoms with Crippen molar-refractivity contribution in [3.8, 4) is 0 Å². The zero-order valence-corrected chi connectivity index (χ0v) is 25.4. The molecule has 1 heterocycles. The Balaban J connectivity index is 1.73. The van der Waals surface area contributed by atoms with Gasteiger partial charge in [-0.15, -0.1) is 0 Å². The van der Waals surface area contributed by atoms with Gasteiger partial charge < -0.3 is 15.4 Å². The van der Waals surface area contributed by atoms with Crippen LogP contribution in [-0.2, 0) is 29.8 Å². The van der Waals surface area contributed by atoms with Crippen molar-refractivity contribution in [1.82, 2.24) is 9.62 Å². The number of piperidine rings is 1. The Labute approximate surface area is 243 Å². The number of hydrogen-bond donors (Lipinski definition) is 2. The first-order valence-corrected chi connectivity index (χ1v) is 16.6. The van der Waals surface area contributed by atoms with Crippen LogP contribution in [0.15, 0.2) is 59.5 Å². The molecule has 0 aliphatic carbocycles. The Morgan fingerprint density at radius 1 is 1.10 bits per heavy atom. The van der Waals surface area contributed by atoms with Gasteiger partial charge in [0, 0.05) is 31.2 Å². The summed E-state index contributed by atoms with van der Waals surface area (Å²) >= 11 is 1.53. The number of sulfonamides is 1. The Morgan fingerprint density at radius 3 is 2.42 bits per heavy atom. The molecule has 3 rings (SSSR count). The average Bonchev–Trinajstić information content (AvgIpc) is 2.95. The summed E-state index contributed by atoms with van der Waals surface area (Å²) in [6.45, 7) is 7.56. The topological polar surface area (TPSA) is 119 Å². The fraction of sp³-hybridized carbons (Fsp3) is 0.533. The molecular formula is C30H43N3O5S2. The summed E-state index contributed by atoms with van der Waals surface area (Å²) in [6.07, 6.45) is 3.15. The maximum absolute atomic E-state index is 13.6. The van der Waals surface area contributed by atoms with Gasteiger partial charge in [-0.05, 0) is 67.2 Å². The molecule has 2 aromatic carbocycles. The van der Waals surface area contributed by atoms with E-state index >= 15 is 0 Å². The third-order valence-corrected chi connectivity index (χ3v) is 10.1. The zero-order chi connectivity index (χ0) is 29.2. The van der Waals surface area contributed by atoms with Crippen LogP contribution in [0.25, 0.3) is 0 Å². The monoisotopic (exact) mass is 589 g/mol. The molecule has 2 aromatic rings. The third kappa shape index (κ3) is 9.06. The molecule has 0 saturated carbocycles. The number of likely N-dealkylation sites (tertiary alicyclic amines) is 1. The number of thioether (sulfide) groups is 1. The molecule has 0 radical (unpaired) electrons. The number of carbonyl (C=O) groups excluding carboxylic acids is 2. The Hall–Kier alpha value is -2.40. The maximum Gasteiger partial charge on any atom is 0.302 e. The van der Waals surface area contributed by atoms with Gasteiger partial charge in [0.25, 0.3) is 0 Å². The van der Waals surface area contributed by atoms with Crippen molar-refractivity contribution in [2.45, 2.75) is 62.8 Å². The Morgan fingerprint density at radius 2 is 1.77 bits per heavy atom. The van der Waals surface area contributed by atoms with Crippen LogP contribution >= 0.6 is 11.8 Å². The minimum atomic E-state index is -3.97. The SMILES string of the molecule is CC(=O)OCCC1CCN(C(=O)C(CSCCCN)NS(=O)(=O)c2cccc(C(C)(C)c3ccccc3)c2)CC1. The van der Waals surface area contributed by atoms with Gasteiger partial charge in [-0.1, -0.05) is 56.3 Å². The highest BCUT2D eigenvalue weighted by atomic mass is 32.2. The van der Waals surface area contributed by atoms with Crippen LogP contribution in [0.5, 0.6) is 0 Å². The predicted molar refractivity (Wildman–Crippen MR) is 161 cm³/mol. The third-order valence-electron chi connectivity index (χ3n) is 7.49. The van der Waals surface area contributed by atoms with Crippen molar-refractivity contribution in [1.29, 1.82) is 0 Å². The molecule has 0 bridgehead atoms. The summed E-state index contributed by atoms with van der Waals surface area (Å²) < 4.78 is 35.0. The number of carbonyl (C=O) groups is 2. The second kappa shape index (κ2) is 15.0. The Bertz CT molecular complexity index is 1210. The minimum absolute atomic E-state index is 0.142. The molecule has 220 valence electrons. The highest BCUT2D eigenvalue weighted by Crippen LogP contribution is 2.32. The number of hydrogen-bond acceptors (Lipinski definition) is 7. The zero-order valence-electron chi connectivity index (χ0n) is 23.8. The molecule has 1 aliphatic rings. The summed E-state index contributed by atoms with van der Waals surface area (Å²) in [7, 11) is -3.97. The fourth-order valence-electron chi connectivity index (χ4n) is 4.90. The van der Waals surface area contributed by atoms with E-state index in [2.05, 4.69) is 18.6 Å². The normalized spacial score (nSPS) is 15.6. The number of esters is 1. The number of rotatable bonds is 14. The fourth-order valence-corrected chi connectivity index (χ4v) is 7.24. The first-order valence-electron chi connectivity index (χ1n) is 13.9. The summed E-state index contributed by atoms with van der Waals surface area (Å²) in [5, 5.41) is 0. The maximum atomic E-state index is 13.6. The molecule has 1 atom stereocenters. The van der Waals surface area contributed by atoms with Crippen LogP contribution < -0.4 is 10.5 Å². The molecule has 3 N–H and O–H groups in total. The average molecular weight is 590 g/mol. The molecule has 1 unspecified atom stereocenters. The predicted octanol–water partition coefficient (Wildman–Crippen LogP) is 3.93. The molecule has 1 aliphatic heterocycles. The minimum Gasteiger partial charge on any atom is -0.466 e. The quantitative estimate of drug-likeness (QED) is 0.253. The largest absolute Gasteiger partial charge is 0.466 e. The number of nitrogens with two attached hydrogens (primary N) is 1. The van der Waals surface area contributed by atoms with E-state index in [4.69, 9.17) is 10.5 Å². The van der Waals surface area contributed by atoms with E-state index in [1.165, 1.54) is 18.7 Å². The van der Waals surface area contributed by atoms with E-state index in [1.54, 1.807) is 23.1 Å². The van der Waals surface area contributed by atoms with E-state index in [-0.39, 0.29) is 16.8 Å². The van der Waals surface area contributed by atoms with Crippen molar-refractivity contribution in [3.63, 3.8) is 0 Å².